The highest BCUT2D eigenvalue weighted by Crippen LogP contribution is 2.38. The van der Waals surface area contributed by atoms with Crippen molar-refractivity contribution in [3.63, 3.8) is 0 Å². The normalized spacial score (nSPS) is 14.9. The summed E-state index contributed by atoms with van der Waals surface area (Å²) in [5, 5.41) is 18.4. The van der Waals surface area contributed by atoms with Crippen molar-refractivity contribution in [2.45, 2.75) is 38.3 Å². The van der Waals surface area contributed by atoms with Crippen LogP contribution in [-0.2, 0) is 11.6 Å². The van der Waals surface area contributed by atoms with Gasteiger partial charge in [0.15, 0.2) is 0 Å². The second-order valence-corrected chi connectivity index (χ2v) is 5.14. The zero-order valence-electron chi connectivity index (χ0n) is 11.5. The minimum Gasteiger partial charge on any atom is -0.396 e. The van der Waals surface area contributed by atoms with Crippen LogP contribution in [0.4, 0.5) is 13.2 Å². The molecule has 2 nitrogen and oxygen atoms in total. The van der Waals surface area contributed by atoms with E-state index in [0.717, 1.165) is 12.1 Å². The van der Waals surface area contributed by atoms with Crippen molar-refractivity contribution in [1.29, 1.82) is 5.26 Å². The Kier molecular flexibility index (Phi) is 5.18. The predicted molar refractivity (Wildman–Crippen MR) is 69.9 cm³/mol. The fourth-order valence-corrected chi connectivity index (χ4v) is 2.33. The van der Waals surface area contributed by atoms with Gasteiger partial charge < -0.3 is 5.11 Å². The van der Waals surface area contributed by atoms with E-state index in [2.05, 4.69) is 6.07 Å². The van der Waals surface area contributed by atoms with Gasteiger partial charge in [0.05, 0.1) is 17.0 Å². The molecule has 110 valence electrons. The second kappa shape index (κ2) is 6.27. The molecule has 0 heterocycles. The molecule has 0 spiro atoms. The van der Waals surface area contributed by atoms with E-state index in [1.54, 1.807) is 0 Å². The molecule has 1 unspecified atom stereocenters. The van der Waals surface area contributed by atoms with Gasteiger partial charge in [-0.3, -0.25) is 0 Å². The standard InChI is InChI=1S/C15H18F3NO/c1-11(2)14(10-19,8-3-9-20)12-4-6-13(7-5-12)15(16,17)18/h4-7,11,20H,3,8-9H2,1-2H3. The Hall–Kier alpha value is -1.54. The zero-order valence-corrected chi connectivity index (χ0v) is 11.5. The number of halogens is 3. The van der Waals surface area contributed by atoms with Gasteiger partial charge >= 0.3 is 6.18 Å². The molecule has 5 heteroatoms. The average Bonchev–Trinajstić information content (AvgIpc) is 2.39. The largest absolute Gasteiger partial charge is 0.416 e. The Morgan fingerprint density at radius 3 is 2.00 bits per heavy atom. The fraction of sp³-hybridized carbons (Fsp3) is 0.533. The highest BCUT2D eigenvalue weighted by Gasteiger charge is 2.36. The minimum atomic E-state index is -4.38. The fourth-order valence-electron chi connectivity index (χ4n) is 2.33. The third-order valence-electron chi connectivity index (χ3n) is 3.64. The van der Waals surface area contributed by atoms with Crippen molar-refractivity contribution < 1.29 is 18.3 Å². The number of nitriles is 1. The Morgan fingerprint density at radius 1 is 1.15 bits per heavy atom. The lowest BCUT2D eigenvalue weighted by atomic mass is 9.70. The topological polar surface area (TPSA) is 44.0 Å². The van der Waals surface area contributed by atoms with Gasteiger partial charge in [-0.25, -0.2) is 0 Å². The monoisotopic (exact) mass is 285 g/mol. The SMILES string of the molecule is CC(C)C(C#N)(CCCO)c1ccc(C(F)(F)F)cc1. The third kappa shape index (κ3) is 3.31. The molecule has 1 rings (SSSR count). The number of hydrogen-bond donors (Lipinski definition) is 1. The van der Waals surface area contributed by atoms with E-state index in [9.17, 15) is 18.4 Å². The van der Waals surface area contributed by atoms with Crippen molar-refractivity contribution in [3.05, 3.63) is 35.4 Å². The molecule has 0 saturated heterocycles. The summed E-state index contributed by atoms with van der Waals surface area (Å²) in [6.45, 7) is 3.67. The summed E-state index contributed by atoms with van der Waals surface area (Å²) in [5.41, 5.74) is -1.03. The van der Waals surface area contributed by atoms with Crippen LogP contribution in [0.15, 0.2) is 24.3 Å². The Balaban J connectivity index is 3.19. The van der Waals surface area contributed by atoms with Crippen LogP contribution in [-0.4, -0.2) is 11.7 Å². The first-order valence-corrected chi connectivity index (χ1v) is 6.48. The molecule has 0 aromatic heterocycles. The highest BCUT2D eigenvalue weighted by molar-refractivity contribution is 5.36. The molecule has 1 N–H and O–H groups in total. The van der Waals surface area contributed by atoms with Gasteiger partial charge in [-0.15, -0.1) is 0 Å². The van der Waals surface area contributed by atoms with Crippen molar-refractivity contribution in [1.82, 2.24) is 0 Å². The van der Waals surface area contributed by atoms with Crippen LogP contribution in [0, 0.1) is 17.2 Å². The molecule has 20 heavy (non-hydrogen) atoms. The van der Waals surface area contributed by atoms with Gasteiger partial charge in [-0.05, 0) is 36.5 Å². The van der Waals surface area contributed by atoms with Crippen LogP contribution in [0.3, 0.4) is 0 Å². The molecular weight excluding hydrogens is 267 g/mol. The van der Waals surface area contributed by atoms with Crippen LogP contribution in [0.2, 0.25) is 0 Å². The van der Waals surface area contributed by atoms with Gasteiger partial charge in [0, 0.05) is 6.61 Å². The minimum absolute atomic E-state index is 0.0449. The summed E-state index contributed by atoms with van der Waals surface area (Å²) < 4.78 is 37.7. The van der Waals surface area contributed by atoms with Crippen LogP contribution in [0.25, 0.3) is 0 Å². The Labute approximate surface area is 116 Å². The predicted octanol–water partition coefficient (Wildman–Crippen LogP) is 3.90. The molecular formula is C15H18F3NO. The maximum atomic E-state index is 12.6. The van der Waals surface area contributed by atoms with Crippen molar-refractivity contribution >= 4 is 0 Å². The average molecular weight is 285 g/mol. The summed E-state index contributed by atoms with van der Waals surface area (Å²) in [7, 11) is 0. The van der Waals surface area contributed by atoms with E-state index in [1.807, 2.05) is 13.8 Å². The quantitative estimate of drug-likeness (QED) is 0.891. The van der Waals surface area contributed by atoms with E-state index >= 15 is 0 Å². The van der Waals surface area contributed by atoms with Crippen LogP contribution < -0.4 is 0 Å². The van der Waals surface area contributed by atoms with Gasteiger partial charge in [0.1, 0.15) is 0 Å². The zero-order chi connectivity index (χ0) is 15.4. The van der Waals surface area contributed by atoms with E-state index in [4.69, 9.17) is 5.11 Å². The van der Waals surface area contributed by atoms with Gasteiger partial charge in [-0.2, -0.15) is 18.4 Å². The lowest BCUT2D eigenvalue weighted by molar-refractivity contribution is -0.137. The summed E-state index contributed by atoms with van der Waals surface area (Å²) in [6, 6.07) is 6.97. The number of aliphatic hydroxyl groups is 1. The van der Waals surface area contributed by atoms with Crippen molar-refractivity contribution in [2.24, 2.45) is 5.92 Å². The molecule has 0 aliphatic heterocycles. The Bertz CT molecular complexity index is 473. The molecule has 1 atom stereocenters. The first-order chi connectivity index (χ1) is 9.28. The smallest absolute Gasteiger partial charge is 0.396 e. The molecule has 0 fully saturated rings. The van der Waals surface area contributed by atoms with E-state index < -0.39 is 17.2 Å². The third-order valence-corrected chi connectivity index (χ3v) is 3.64. The van der Waals surface area contributed by atoms with E-state index in [-0.39, 0.29) is 12.5 Å². The van der Waals surface area contributed by atoms with E-state index in [0.29, 0.717) is 18.4 Å². The van der Waals surface area contributed by atoms with Gasteiger partial charge in [0.2, 0.25) is 0 Å². The number of benzene rings is 1. The molecule has 0 aliphatic carbocycles. The first kappa shape index (κ1) is 16.5. The molecule has 0 saturated carbocycles. The number of rotatable bonds is 5. The lowest BCUT2D eigenvalue weighted by Crippen LogP contribution is -2.31. The van der Waals surface area contributed by atoms with Crippen molar-refractivity contribution in [2.75, 3.05) is 6.61 Å². The maximum Gasteiger partial charge on any atom is 0.416 e. The van der Waals surface area contributed by atoms with E-state index in [1.165, 1.54) is 12.1 Å². The highest BCUT2D eigenvalue weighted by atomic mass is 19.4. The number of nitrogens with zero attached hydrogens (tertiary/aromatic N) is 1. The number of hydrogen-bond acceptors (Lipinski definition) is 2. The number of alkyl halides is 3. The molecule has 0 aliphatic rings. The second-order valence-electron chi connectivity index (χ2n) is 5.14. The van der Waals surface area contributed by atoms with Crippen LogP contribution in [0.1, 0.15) is 37.8 Å². The maximum absolute atomic E-state index is 12.6. The molecule has 1 aromatic carbocycles. The van der Waals surface area contributed by atoms with Crippen LogP contribution >= 0.6 is 0 Å². The van der Waals surface area contributed by atoms with Crippen LogP contribution in [0.5, 0.6) is 0 Å². The van der Waals surface area contributed by atoms with Gasteiger partial charge in [0.25, 0.3) is 0 Å². The summed E-state index contributed by atoms with van der Waals surface area (Å²) >= 11 is 0. The first-order valence-electron chi connectivity index (χ1n) is 6.48. The molecule has 0 amide bonds. The summed E-state index contributed by atoms with van der Waals surface area (Å²) in [5.74, 6) is -0.0595. The summed E-state index contributed by atoms with van der Waals surface area (Å²) in [4.78, 5) is 0. The Morgan fingerprint density at radius 2 is 1.65 bits per heavy atom. The van der Waals surface area contributed by atoms with Gasteiger partial charge in [-0.1, -0.05) is 26.0 Å². The van der Waals surface area contributed by atoms with Crippen molar-refractivity contribution in [3.8, 4) is 6.07 Å². The molecule has 0 bridgehead atoms. The molecule has 1 aromatic rings. The molecule has 0 radical (unpaired) electrons. The lowest BCUT2D eigenvalue weighted by Gasteiger charge is -2.31. The number of aliphatic hydroxyl groups excluding tert-OH is 1. The summed E-state index contributed by atoms with van der Waals surface area (Å²) in [6.07, 6.45) is -3.52.